The molecule has 3 heterocycles. The molecule has 31 heavy (non-hydrogen) atoms. The van der Waals surface area contributed by atoms with Gasteiger partial charge in [-0.15, -0.1) is 0 Å². The van der Waals surface area contributed by atoms with Crippen molar-refractivity contribution in [2.24, 2.45) is 0 Å². The van der Waals surface area contributed by atoms with Crippen LogP contribution < -0.4 is 5.32 Å². The number of aryl methyl sites for hydroxylation is 1. The zero-order valence-electron chi connectivity index (χ0n) is 17.7. The van der Waals surface area contributed by atoms with Crippen LogP contribution in [0.4, 0.5) is 19.0 Å². The number of benzene rings is 1. The summed E-state index contributed by atoms with van der Waals surface area (Å²) >= 11 is 0. The Kier molecular flexibility index (Phi) is 6.36. The number of halogens is 3. The number of nitrogens with zero attached hydrogens (tertiary/aromatic N) is 4. The van der Waals surface area contributed by atoms with Gasteiger partial charge in [0.2, 0.25) is 0 Å². The average molecular weight is 429 g/mol. The van der Waals surface area contributed by atoms with E-state index in [0.717, 1.165) is 49.5 Å². The third kappa shape index (κ3) is 4.63. The van der Waals surface area contributed by atoms with Gasteiger partial charge in [-0.3, -0.25) is 0 Å². The van der Waals surface area contributed by atoms with Gasteiger partial charge < -0.3 is 10.2 Å². The molecule has 0 atom stereocenters. The number of nitrogens with one attached hydrogen (secondary N) is 1. The van der Waals surface area contributed by atoms with E-state index in [4.69, 9.17) is 0 Å². The first-order valence-corrected chi connectivity index (χ1v) is 10.6. The van der Waals surface area contributed by atoms with Crippen LogP contribution in [-0.4, -0.2) is 39.5 Å². The normalized spacial score (nSPS) is 15.7. The molecular weight excluding hydrogens is 403 g/mol. The molecule has 0 amide bonds. The lowest BCUT2D eigenvalue weighted by atomic mass is 9.90. The van der Waals surface area contributed by atoms with Crippen LogP contribution >= 0.6 is 0 Å². The molecule has 8 heteroatoms. The van der Waals surface area contributed by atoms with Gasteiger partial charge in [0.25, 0.3) is 6.43 Å². The number of anilines is 1. The molecule has 2 aromatic heterocycles. The Balaban J connectivity index is 1.61. The van der Waals surface area contributed by atoms with Crippen molar-refractivity contribution >= 4 is 16.9 Å². The van der Waals surface area contributed by atoms with Crippen molar-refractivity contribution < 1.29 is 13.2 Å². The van der Waals surface area contributed by atoms with Crippen LogP contribution in [0.15, 0.2) is 30.5 Å². The van der Waals surface area contributed by atoms with Crippen molar-refractivity contribution in [2.75, 3.05) is 25.0 Å². The van der Waals surface area contributed by atoms with Crippen LogP contribution in [0.2, 0.25) is 0 Å². The van der Waals surface area contributed by atoms with E-state index in [2.05, 4.69) is 38.2 Å². The van der Waals surface area contributed by atoms with Crippen molar-refractivity contribution in [1.29, 1.82) is 0 Å². The van der Waals surface area contributed by atoms with Gasteiger partial charge in [-0.1, -0.05) is 25.1 Å². The molecule has 0 aliphatic carbocycles. The first kappa shape index (κ1) is 21.5. The fraction of sp³-hybridized carbons (Fsp3) is 0.435. The lowest BCUT2D eigenvalue weighted by Crippen LogP contribution is -2.32. The summed E-state index contributed by atoms with van der Waals surface area (Å²) in [6, 6.07) is 6.10. The predicted molar refractivity (Wildman–Crippen MR) is 115 cm³/mol. The van der Waals surface area contributed by atoms with Gasteiger partial charge in [-0.25, -0.2) is 28.1 Å². The van der Waals surface area contributed by atoms with Crippen molar-refractivity contribution in [2.45, 2.75) is 45.6 Å². The van der Waals surface area contributed by atoms with Gasteiger partial charge in [0, 0.05) is 18.3 Å². The molecule has 0 bridgehead atoms. The van der Waals surface area contributed by atoms with Gasteiger partial charge in [0.1, 0.15) is 17.5 Å². The van der Waals surface area contributed by atoms with Crippen LogP contribution in [0.25, 0.3) is 11.0 Å². The molecule has 1 N–H and O–H groups in total. The topological polar surface area (TPSA) is 53.9 Å². The molecular formula is C23H26F3N5. The predicted octanol–water partition coefficient (Wildman–Crippen LogP) is 5.22. The molecule has 1 aromatic carbocycles. The number of aromatic nitrogens is 3. The minimum atomic E-state index is -2.85. The van der Waals surface area contributed by atoms with Crippen LogP contribution in [0.1, 0.15) is 54.6 Å². The quantitative estimate of drug-likeness (QED) is 0.582. The average Bonchev–Trinajstić information content (AvgIpc) is 2.77. The van der Waals surface area contributed by atoms with Crippen molar-refractivity contribution in [1.82, 2.24) is 19.9 Å². The van der Waals surface area contributed by atoms with Crippen LogP contribution in [0.3, 0.4) is 0 Å². The summed E-state index contributed by atoms with van der Waals surface area (Å²) in [7, 11) is 0. The van der Waals surface area contributed by atoms with Crippen molar-refractivity contribution in [3.8, 4) is 0 Å². The molecule has 5 nitrogen and oxygen atoms in total. The molecule has 1 saturated heterocycles. The van der Waals surface area contributed by atoms with Crippen molar-refractivity contribution in [3.05, 3.63) is 58.8 Å². The molecule has 1 aliphatic heterocycles. The van der Waals surface area contributed by atoms with E-state index in [1.807, 2.05) is 6.20 Å². The first-order valence-electron chi connectivity index (χ1n) is 10.6. The second-order valence-corrected chi connectivity index (χ2v) is 7.94. The van der Waals surface area contributed by atoms with E-state index >= 15 is 0 Å². The Morgan fingerprint density at radius 2 is 1.97 bits per heavy atom. The Hall–Kier alpha value is -2.74. The smallest absolute Gasteiger partial charge is 0.266 e. The second-order valence-electron chi connectivity index (χ2n) is 7.94. The number of hydrogen-bond donors (Lipinski definition) is 1. The van der Waals surface area contributed by atoms with Crippen molar-refractivity contribution in [3.63, 3.8) is 0 Å². The largest absolute Gasteiger partial charge is 0.365 e. The monoisotopic (exact) mass is 429 g/mol. The minimum absolute atomic E-state index is 0.0388. The van der Waals surface area contributed by atoms with Gasteiger partial charge in [0.05, 0.1) is 10.9 Å². The molecule has 3 aromatic rings. The van der Waals surface area contributed by atoms with Gasteiger partial charge in [0.15, 0.2) is 5.65 Å². The van der Waals surface area contributed by atoms with E-state index in [1.54, 1.807) is 6.92 Å². The number of pyridine rings is 1. The number of rotatable bonds is 6. The summed E-state index contributed by atoms with van der Waals surface area (Å²) in [5.74, 6) is 0.605. The van der Waals surface area contributed by atoms with E-state index < -0.39 is 17.8 Å². The van der Waals surface area contributed by atoms with Gasteiger partial charge in [-0.2, -0.15) is 0 Å². The van der Waals surface area contributed by atoms with E-state index in [9.17, 15) is 13.2 Å². The minimum Gasteiger partial charge on any atom is -0.365 e. The third-order valence-corrected chi connectivity index (χ3v) is 5.98. The number of hydrogen-bond acceptors (Lipinski definition) is 5. The Labute approximate surface area is 179 Å². The molecule has 4 rings (SSSR count). The Morgan fingerprint density at radius 3 is 2.68 bits per heavy atom. The highest BCUT2D eigenvalue weighted by Crippen LogP contribution is 2.31. The number of alkyl halides is 2. The second kappa shape index (κ2) is 9.18. The molecule has 0 radical (unpaired) electrons. The summed E-state index contributed by atoms with van der Waals surface area (Å²) in [4.78, 5) is 15.9. The van der Waals surface area contributed by atoms with Gasteiger partial charge >= 0.3 is 0 Å². The molecule has 0 spiro atoms. The highest BCUT2D eigenvalue weighted by atomic mass is 19.3. The summed E-state index contributed by atoms with van der Waals surface area (Å²) < 4.78 is 40.4. The lowest BCUT2D eigenvalue weighted by molar-refractivity contribution is 0.146. The number of likely N-dealkylation sites (tertiary alicyclic amines) is 1. The maximum atomic E-state index is 14.4. The number of piperidine rings is 1. The Bertz CT molecular complexity index is 1060. The highest BCUT2D eigenvalue weighted by molar-refractivity contribution is 5.87. The fourth-order valence-corrected chi connectivity index (χ4v) is 4.16. The maximum absolute atomic E-state index is 14.4. The van der Waals surface area contributed by atoms with Crippen LogP contribution in [0.5, 0.6) is 0 Å². The standard InChI is InChI=1S/C23H26F3N5/c1-3-31-9-7-15(8-10-31)17-11-19-22(29-14(2)30-23(19)28-13-17)27-12-16-5-4-6-18(20(16)24)21(25)26/h4-6,11,13,15,21H,3,7-10,12H2,1-2H3,(H,27,28,29,30). The molecule has 1 fully saturated rings. The SMILES string of the molecule is CCN1CCC(c2cnc3nc(C)nc(NCc4cccc(C(F)F)c4F)c3c2)CC1. The maximum Gasteiger partial charge on any atom is 0.266 e. The number of fused-ring (bicyclic) bond motifs is 1. The molecule has 1 aliphatic rings. The summed E-state index contributed by atoms with van der Waals surface area (Å²) in [5.41, 5.74) is 1.28. The van der Waals surface area contributed by atoms with Crippen LogP contribution in [-0.2, 0) is 6.54 Å². The fourth-order valence-electron chi connectivity index (χ4n) is 4.16. The highest BCUT2D eigenvalue weighted by Gasteiger charge is 2.21. The molecule has 164 valence electrons. The zero-order chi connectivity index (χ0) is 22.0. The summed E-state index contributed by atoms with van der Waals surface area (Å²) in [6.45, 7) is 7.17. The lowest BCUT2D eigenvalue weighted by Gasteiger charge is -2.31. The third-order valence-electron chi connectivity index (χ3n) is 5.98. The Morgan fingerprint density at radius 1 is 1.19 bits per heavy atom. The molecule has 0 saturated carbocycles. The zero-order valence-corrected chi connectivity index (χ0v) is 17.7. The van der Waals surface area contributed by atoms with E-state index in [1.165, 1.54) is 12.1 Å². The summed E-state index contributed by atoms with van der Waals surface area (Å²) in [5, 5.41) is 3.87. The summed E-state index contributed by atoms with van der Waals surface area (Å²) in [6.07, 6.45) is 1.17. The molecule has 0 unspecified atom stereocenters. The first-order chi connectivity index (χ1) is 15.0. The van der Waals surface area contributed by atoms with E-state index in [0.29, 0.717) is 23.2 Å². The van der Waals surface area contributed by atoms with Gasteiger partial charge in [-0.05, 0) is 56.9 Å². The van der Waals surface area contributed by atoms with E-state index in [-0.39, 0.29) is 12.1 Å². The van der Waals surface area contributed by atoms with Crippen LogP contribution in [0, 0.1) is 12.7 Å².